The normalized spacial score (nSPS) is 19.5. The molecule has 0 aromatic rings. The molecule has 0 heterocycles. The fraction of sp³-hybridized carbons (Fsp3) is 1.00. The smallest absolute Gasteiger partial charge is 0.0192 e. The molecule has 22 heavy (non-hydrogen) atoms. The first-order valence-electron chi connectivity index (χ1n) is 8.79. The number of nitrogens with zero attached hydrogens (tertiary/aromatic N) is 3. The molecular weight excluding hydrogens is 272 g/mol. The van der Waals surface area contributed by atoms with Gasteiger partial charge in [0, 0.05) is 37.3 Å². The second-order valence-corrected chi connectivity index (χ2v) is 8.03. The van der Waals surface area contributed by atoms with Crippen molar-refractivity contribution in [2.75, 3.05) is 54.9 Å². The van der Waals surface area contributed by atoms with Gasteiger partial charge >= 0.3 is 0 Å². The third-order valence-electron chi connectivity index (χ3n) is 4.98. The Labute approximate surface area is 140 Å². The fourth-order valence-electron chi connectivity index (χ4n) is 3.23. The Morgan fingerprint density at radius 2 is 1.36 bits per heavy atom. The maximum Gasteiger partial charge on any atom is 0.0192 e. The Kier molecular flexibility index (Phi) is 9.79. The van der Waals surface area contributed by atoms with Crippen molar-refractivity contribution in [1.82, 2.24) is 20.0 Å². The van der Waals surface area contributed by atoms with E-state index in [9.17, 15) is 0 Å². The van der Waals surface area contributed by atoms with Gasteiger partial charge in [-0.05, 0) is 68.3 Å². The fourth-order valence-corrected chi connectivity index (χ4v) is 3.23. The van der Waals surface area contributed by atoms with Gasteiger partial charge in [0.2, 0.25) is 0 Å². The molecule has 0 aliphatic heterocycles. The van der Waals surface area contributed by atoms with Crippen molar-refractivity contribution in [3.05, 3.63) is 0 Å². The van der Waals surface area contributed by atoms with E-state index in [1.165, 1.54) is 0 Å². The highest BCUT2D eigenvalue weighted by Gasteiger charge is 2.31. The van der Waals surface area contributed by atoms with Crippen LogP contribution in [0.25, 0.3) is 0 Å². The maximum atomic E-state index is 3.91. The Balaban J connectivity index is 4.55. The van der Waals surface area contributed by atoms with Crippen LogP contribution in [0, 0.1) is 5.92 Å². The van der Waals surface area contributed by atoms with E-state index in [1.807, 2.05) is 0 Å². The lowest BCUT2D eigenvalue weighted by Crippen LogP contribution is -2.56. The second kappa shape index (κ2) is 9.86. The molecule has 0 saturated heterocycles. The minimum atomic E-state index is 0.190. The summed E-state index contributed by atoms with van der Waals surface area (Å²) in [6.45, 7) is 15.0. The second-order valence-electron chi connectivity index (χ2n) is 8.03. The third kappa shape index (κ3) is 7.91. The van der Waals surface area contributed by atoms with Crippen LogP contribution in [0.1, 0.15) is 41.0 Å². The van der Waals surface area contributed by atoms with E-state index in [4.69, 9.17) is 0 Å². The molecule has 0 aliphatic rings. The van der Waals surface area contributed by atoms with Gasteiger partial charge in [0.05, 0.1) is 0 Å². The van der Waals surface area contributed by atoms with Gasteiger partial charge in [-0.3, -0.25) is 0 Å². The lowest BCUT2D eigenvalue weighted by Gasteiger charge is -2.41. The van der Waals surface area contributed by atoms with Crippen LogP contribution in [-0.4, -0.2) is 87.2 Å². The predicted octanol–water partition coefficient (Wildman–Crippen LogP) is 2.21. The molecular formula is C18H42N4. The molecule has 4 unspecified atom stereocenters. The van der Waals surface area contributed by atoms with E-state index in [0.29, 0.717) is 18.0 Å². The average Bonchev–Trinajstić information content (AvgIpc) is 2.36. The summed E-state index contributed by atoms with van der Waals surface area (Å²) in [6, 6.07) is 1.07. The lowest BCUT2D eigenvalue weighted by atomic mass is 9.83. The van der Waals surface area contributed by atoms with Crippen molar-refractivity contribution in [3.63, 3.8) is 0 Å². The molecule has 0 saturated carbocycles. The number of hydrogen-bond acceptors (Lipinski definition) is 4. The summed E-state index contributed by atoms with van der Waals surface area (Å²) in [5.74, 6) is 0.624. The van der Waals surface area contributed by atoms with E-state index in [1.54, 1.807) is 0 Å². The molecule has 0 spiro atoms. The highest BCUT2D eigenvalue weighted by molar-refractivity contribution is 4.91. The summed E-state index contributed by atoms with van der Waals surface area (Å²) < 4.78 is 0. The number of hydrogen-bond donors (Lipinski definition) is 1. The van der Waals surface area contributed by atoms with Crippen molar-refractivity contribution >= 4 is 0 Å². The van der Waals surface area contributed by atoms with Crippen LogP contribution in [0.2, 0.25) is 0 Å². The highest BCUT2D eigenvalue weighted by atomic mass is 15.2. The number of rotatable bonds is 11. The molecule has 0 aromatic carbocycles. The van der Waals surface area contributed by atoms with Crippen LogP contribution < -0.4 is 5.32 Å². The summed E-state index contributed by atoms with van der Waals surface area (Å²) in [7, 11) is 10.8. The summed E-state index contributed by atoms with van der Waals surface area (Å²) >= 11 is 0. The summed E-state index contributed by atoms with van der Waals surface area (Å²) in [5.41, 5.74) is 0.190. The summed E-state index contributed by atoms with van der Waals surface area (Å²) in [5, 5.41) is 3.91. The van der Waals surface area contributed by atoms with Gasteiger partial charge in [-0.1, -0.05) is 13.8 Å². The molecule has 0 aromatic heterocycles. The first-order chi connectivity index (χ1) is 10.0. The SMILES string of the molecule is CCC(C)(NC(C)CN(C)C(C)CN(C)C)C(C)CN(C)C. The molecule has 1 N–H and O–H groups in total. The van der Waals surface area contributed by atoms with E-state index < -0.39 is 0 Å². The zero-order valence-corrected chi connectivity index (χ0v) is 16.9. The van der Waals surface area contributed by atoms with E-state index in [2.05, 4.69) is 89.9 Å². The molecule has 0 amide bonds. The molecule has 0 radical (unpaired) electrons. The Morgan fingerprint density at radius 1 is 0.864 bits per heavy atom. The summed E-state index contributed by atoms with van der Waals surface area (Å²) in [6.07, 6.45) is 1.16. The number of likely N-dealkylation sites (N-methyl/N-ethyl adjacent to an activating group) is 2. The van der Waals surface area contributed by atoms with Gasteiger partial charge in [0.15, 0.2) is 0 Å². The van der Waals surface area contributed by atoms with E-state index in [-0.39, 0.29) is 5.54 Å². The third-order valence-corrected chi connectivity index (χ3v) is 4.98. The molecule has 4 heteroatoms. The van der Waals surface area contributed by atoms with E-state index in [0.717, 1.165) is 26.1 Å². The minimum absolute atomic E-state index is 0.190. The van der Waals surface area contributed by atoms with Crippen molar-refractivity contribution in [3.8, 4) is 0 Å². The van der Waals surface area contributed by atoms with Gasteiger partial charge < -0.3 is 20.0 Å². The predicted molar refractivity (Wildman–Crippen MR) is 99.7 cm³/mol. The Hall–Kier alpha value is -0.160. The first-order valence-corrected chi connectivity index (χ1v) is 8.79. The van der Waals surface area contributed by atoms with Crippen LogP contribution in [0.15, 0.2) is 0 Å². The van der Waals surface area contributed by atoms with Crippen LogP contribution in [0.3, 0.4) is 0 Å². The largest absolute Gasteiger partial charge is 0.309 e. The van der Waals surface area contributed by atoms with Gasteiger partial charge in [-0.2, -0.15) is 0 Å². The van der Waals surface area contributed by atoms with Crippen LogP contribution in [0.4, 0.5) is 0 Å². The standard InChI is InChI=1S/C18H42N4/c1-11-18(5,15(2)12-20(6)7)19-16(3)13-22(10)17(4)14-21(8)9/h15-17,19H,11-14H2,1-10H3. The molecule has 4 nitrogen and oxygen atoms in total. The quantitative estimate of drug-likeness (QED) is 0.631. The first kappa shape index (κ1) is 21.8. The number of nitrogens with one attached hydrogen (secondary N) is 1. The molecule has 4 atom stereocenters. The lowest BCUT2D eigenvalue weighted by molar-refractivity contribution is 0.145. The maximum absolute atomic E-state index is 3.91. The summed E-state index contributed by atoms with van der Waals surface area (Å²) in [4.78, 5) is 7.01. The minimum Gasteiger partial charge on any atom is -0.309 e. The molecule has 0 fully saturated rings. The van der Waals surface area contributed by atoms with Crippen LogP contribution in [0.5, 0.6) is 0 Å². The molecule has 134 valence electrons. The van der Waals surface area contributed by atoms with Crippen molar-refractivity contribution in [1.29, 1.82) is 0 Å². The van der Waals surface area contributed by atoms with Gasteiger partial charge in [0.25, 0.3) is 0 Å². The van der Waals surface area contributed by atoms with Crippen LogP contribution in [-0.2, 0) is 0 Å². The molecule has 0 aliphatic carbocycles. The van der Waals surface area contributed by atoms with Gasteiger partial charge in [-0.25, -0.2) is 0 Å². The molecule has 0 bridgehead atoms. The van der Waals surface area contributed by atoms with Crippen molar-refractivity contribution in [2.45, 2.75) is 58.7 Å². The Morgan fingerprint density at radius 3 is 1.77 bits per heavy atom. The van der Waals surface area contributed by atoms with E-state index >= 15 is 0 Å². The topological polar surface area (TPSA) is 21.8 Å². The monoisotopic (exact) mass is 314 g/mol. The van der Waals surface area contributed by atoms with Gasteiger partial charge in [-0.15, -0.1) is 0 Å². The average molecular weight is 315 g/mol. The Bertz CT molecular complexity index is 293. The molecule has 0 rings (SSSR count). The van der Waals surface area contributed by atoms with Crippen LogP contribution >= 0.6 is 0 Å². The van der Waals surface area contributed by atoms with Gasteiger partial charge in [0.1, 0.15) is 0 Å². The zero-order chi connectivity index (χ0) is 17.5. The van der Waals surface area contributed by atoms with Crippen molar-refractivity contribution in [2.24, 2.45) is 5.92 Å². The highest BCUT2D eigenvalue weighted by Crippen LogP contribution is 2.22. The zero-order valence-electron chi connectivity index (χ0n) is 16.9. The van der Waals surface area contributed by atoms with Crippen molar-refractivity contribution < 1.29 is 0 Å².